The number of rotatable bonds is 5. The molecule has 0 aromatic heterocycles. The van der Waals surface area contributed by atoms with Gasteiger partial charge in [0.25, 0.3) is 0 Å². The van der Waals surface area contributed by atoms with E-state index in [1.165, 1.54) is 11.1 Å². The van der Waals surface area contributed by atoms with Gasteiger partial charge in [-0.15, -0.1) is 0 Å². The van der Waals surface area contributed by atoms with Crippen molar-refractivity contribution in [3.05, 3.63) is 64.7 Å². The Bertz CT molecular complexity index is 657. The molecule has 1 atom stereocenters. The number of hydrogen-bond donors (Lipinski definition) is 1. The summed E-state index contributed by atoms with van der Waals surface area (Å²) in [7, 11) is 0. The average Bonchev–Trinajstić information content (AvgIpc) is 2.56. The maximum Gasteiger partial charge on any atom is 0.119 e. The second-order valence-corrected chi connectivity index (χ2v) is 6.99. The maximum atomic E-state index is 6.13. The third-order valence-electron chi connectivity index (χ3n) is 4.27. The molecule has 0 aliphatic carbocycles. The first kappa shape index (κ1) is 17.3. The molecule has 3 rings (SSSR count). The van der Waals surface area contributed by atoms with E-state index in [1.807, 2.05) is 26.0 Å². The van der Waals surface area contributed by atoms with Crippen molar-refractivity contribution in [2.75, 3.05) is 19.6 Å². The third-order valence-corrected chi connectivity index (χ3v) is 4.50. The van der Waals surface area contributed by atoms with E-state index in [4.69, 9.17) is 16.3 Å². The molecule has 0 spiro atoms. The number of piperazine rings is 1. The van der Waals surface area contributed by atoms with Crippen LogP contribution < -0.4 is 10.1 Å². The van der Waals surface area contributed by atoms with Crippen LogP contribution in [0.5, 0.6) is 5.75 Å². The van der Waals surface area contributed by atoms with Crippen LogP contribution in [0.4, 0.5) is 0 Å². The molecule has 128 valence electrons. The van der Waals surface area contributed by atoms with Crippen molar-refractivity contribution in [3.8, 4) is 5.75 Å². The molecular weight excluding hydrogens is 320 g/mol. The average molecular weight is 345 g/mol. The predicted octanol–water partition coefficient (Wildman–Crippen LogP) is 4.27. The Morgan fingerprint density at radius 1 is 1.21 bits per heavy atom. The summed E-state index contributed by atoms with van der Waals surface area (Å²) < 4.78 is 5.75. The van der Waals surface area contributed by atoms with Crippen molar-refractivity contribution in [1.29, 1.82) is 0 Å². The zero-order valence-corrected chi connectivity index (χ0v) is 15.1. The summed E-state index contributed by atoms with van der Waals surface area (Å²) in [6, 6.07) is 17.0. The minimum atomic E-state index is 0.200. The zero-order valence-electron chi connectivity index (χ0n) is 14.3. The molecule has 1 aliphatic heterocycles. The fourth-order valence-electron chi connectivity index (χ4n) is 3.17. The second kappa shape index (κ2) is 8.02. The van der Waals surface area contributed by atoms with Crippen LogP contribution >= 0.6 is 11.6 Å². The van der Waals surface area contributed by atoms with Crippen molar-refractivity contribution in [3.63, 3.8) is 0 Å². The Labute approximate surface area is 149 Å². The maximum absolute atomic E-state index is 6.13. The summed E-state index contributed by atoms with van der Waals surface area (Å²) in [6.45, 7) is 8.02. The monoisotopic (exact) mass is 344 g/mol. The summed E-state index contributed by atoms with van der Waals surface area (Å²) in [4.78, 5) is 2.51. The minimum absolute atomic E-state index is 0.200. The van der Waals surface area contributed by atoms with Crippen molar-refractivity contribution in [2.45, 2.75) is 32.5 Å². The lowest BCUT2D eigenvalue weighted by atomic mass is 10.0. The first-order valence-corrected chi connectivity index (χ1v) is 8.95. The number of halogens is 1. The van der Waals surface area contributed by atoms with Crippen LogP contribution in [0.25, 0.3) is 0 Å². The molecule has 0 bridgehead atoms. The summed E-state index contributed by atoms with van der Waals surface area (Å²) in [5.74, 6) is 0.930. The molecule has 1 unspecified atom stereocenters. The van der Waals surface area contributed by atoms with Crippen molar-refractivity contribution in [1.82, 2.24) is 10.2 Å². The Morgan fingerprint density at radius 2 is 2.00 bits per heavy atom. The molecule has 3 nitrogen and oxygen atoms in total. The van der Waals surface area contributed by atoms with E-state index >= 15 is 0 Å². The second-order valence-electron chi connectivity index (χ2n) is 6.56. The number of nitrogens with zero attached hydrogens (tertiary/aromatic N) is 1. The Morgan fingerprint density at radius 3 is 2.71 bits per heavy atom. The van der Waals surface area contributed by atoms with Gasteiger partial charge in [-0.2, -0.15) is 0 Å². The van der Waals surface area contributed by atoms with Gasteiger partial charge in [0.15, 0.2) is 0 Å². The van der Waals surface area contributed by atoms with Crippen molar-refractivity contribution >= 4 is 11.6 Å². The van der Waals surface area contributed by atoms with Gasteiger partial charge in [0.1, 0.15) is 5.75 Å². The smallest absolute Gasteiger partial charge is 0.119 e. The third kappa shape index (κ3) is 4.50. The molecule has 2 aromatic carbocycles. The molecule has 24 heavy (non-hydrogen) atoms. The van der Waals surface area contributed by atoms with Crippen LogP contribution in [0.1, 0.15) is 31.0 Å². The van der Waals surface area contributed by atoms with Gasteiger partial charge in [0, 0.05) is 37.2 Å². The first-order valence-electron chi connectivity index (χ1n) is 8.57. The number of hydrogen-bond acceptors (Lipinski definition) is 3. The number of nitrogens with one attached hydrogen (secondary N) is 1. The highest BCUT2D eigenvalue weighted by Crippen LogP contribution is 2.26. The van der Waals surface area contributed by atoms with Gasteiger partial charge >= 0.3 is 0 Å². The summed E-state index contributed by atoms with van der Waals surface area (Å²) >= 11 is 6.13. The van der Waals surface area contributed by atoms with E-state index in [0.29, 0.717) is 6.04 Å². The standard InChI is InChI=1S/C20H25ClN2O/c1-15(2)24-19-8-6-17(7-9-19)20-13-22-10-11-23(20)14-16-4-3-5-18(21)12-16/h3-9,12,15,20,22H,10-11,13-14H2,1-2H3. The van der Waals surface area contributed by atoms with E-state index in [-0.39, 0.29) is 6.10 Å². The molecule has 1 N–H and O–H groups in total. The SMILES string of the molecule is CC(C)Oc1ccc(C2CNCCN2Cc2cccc(Cl)c2)cc1. The molecule has 1 fully saturated rings. The van der Waals surface area contributed by atoms with Gasteiger partial charge in [0.05, 0.1) is 6.10 Å². The Balaban J connectivity index is 1.74. The van der Waals surface area contributed by atoms with E-state index in [9.17, 15) is 0 Å². The van der Waals surface area contributed by atoms with Gasteiger partial charge in [0.2, 0.25) is 0 Å². The van der Waals surface area contributed by atoms with Gasteiger partial charge in [-0.05, 0) is 49.2 Å². The lowest BCUT2D eigenvalue weighted by molar-refractivity contribution is 0.153. The van der Waals surface area contributed by atoms with Gasteiger partial charge in [-0.3, -0.25) is 4.90 Å². The highest BCUT2D eigenvalue weighted by molar-refractivity contribution is 6.30. The normalized spacial score (nSPS) is 18.8. The molecule has 0 radical (unpaired) electrons. The van der Waals surface area contributed by atoms with Crippen LogP contribution in [-0.4, -0.2) is 30.6 Å². The fraction of sp³-hybridized carbons (Fsp3) is 0.400. The first-order chi connectivity index (χ1) is 11.6. The van der Waals surface area contributed by atoms with Gasteiger partial charge in [-0.1, -0.05) is 35.9 Å². The molecule has 0 saturated carbocycles. The summed E-state index contributed by atoms with van der Waals surface area (Å²) in [6.07, 6.45) is 0.200. The zero-order chi connectivity index (χ0) is 16.9. The lowest BCUT2D eigenvalue weighted by Gasteiger charge is -2.36. The van der Waals surface area contributed by atoms with E-state index in [2.05, 4.69) is 46.6 Å². The van der Waals surface area contributed by atoms with Crippen LogP contribution in [0.15, 0.2) is 48.5 Å². The van der Waals surface area contributed by atoms with Crippen LogP contribution in [-0.2, 0) is 6.54 Å². The summed E-state index contributed by atoms with van der Waals surface area (Å²) in [5.41, 5.74) is 2.58. The van der Waals surface area contributed by atoms with E-state index in [1.54, 1.807) is 0 Å². The van der Waals surface area contributed by atoms with Gasteiger partial charge < -0.3 is 10.1 Å². The van der Waals surface area contributed by atoms with Crippen LogP contribution in [0.2, 0.25) is 5.02 Å². The quantitative estimate of drug-likeness (QED) is 0.876. The highest BCUT2D eigenvalue weighted by Gasteiger charge is 2.23. The molecule has 2 aromatic rings. The van der Waals surface area contributed by atoms with Crippen molar-refractivity contribution in [2.24, 2.45) is 0 Å². The number of ether oxygens (including phenoxy) is 1. The molecule has 0 amide bonds. The molecular formula is C20H25ClN2O. The topological polar surface area (TPSA) is 24.5 Å². The Hall–Kier alpha value is -1.55. The van der Waals surface area contributed by atoms with Crippen molar-refractivity contribution < 1.29 is 4.74 Å². The fourth-order valence-corrected chi connectivity index (χ4v) is 3.39. The largest absolute Gasteiger partial charge is 0.491 e. The molecule has 1 aliphatic rings. The predicted molar refractivity (Wildman–Crippen MR) is 99.7 cm³/mol. The van der Waals surface area contributed by atoms with Gasteiger partial charge in [-0.25, -0.2) is 0 Å². The lowest BCUT2D eigenvalue weighted by Crippen LogP contribution is -2.45. The minimum Gasteiger partial charge on any atom is -0.491 e. The molecule has 1 heterocycles. The summed E-state index contributed by atoms with van der Waals surface area (Å²) in [5, 5.41) is 4.31. The van der Waals surface area contributed by atoms with Crippen LogP contribution in [0, 0.1) is 0 Å². The highest BCUT2D eigenvalue weighted by atomic mass is 35.5. The number of benzene rings is 2. The van der Waals surface area contributed by atoms with E-state index < -0.39 is 0 Å². The van der Waals surface area contributed by atoms with E-state index in [0.717, 1.165) is 37.0 Å². The molecule has 4 heteroatoms. The van der Waals surface area contributed by atoms with Crippen LogP contribution in [0.3, 0.4) is 0 Å². The molecule has 1 saturated heterocycles. The Kier molecular flexibility index (Phi) is 5.77.